The van der Waals surface area contributed by atoms with Gasteiger partial charge in [0, 0.05) is 98.0 Å². The zero-order chi connectivity index (χ0) is 35.6. The summed E-state index contributed by atoms with van der Waals surface area (Å²) in [7, 11) is 1.26. The van der Waals surface area contributed by atoms with Crippen molar-refractivity contribution in [3.05, 3.63) is 60.2 Å². The molecule has 3 aliphatic rings. The number of aromatic amines is 1. The van der Waals surface area contributed by atoms with Crippen LogP contribution in [0.5, 0.6) is 5.75 Å². The molecule has 0 aliphatic carbocycles. The predicted molar refractivity (Wildman–Crippen MR) is 213 cm³/mol. The van der Waals surface area contributed by atoms with Crippen molar-refractivity contribution in [2.45, 2.75) is 31.7 Å². The lowest BCUT2D eigenvalue weighted by atomic mass is 9.92. The van der Waals surface area contributed by atoms with Crippen molar-refractivity contribution in [2.75, 3.05) is 81.9 Å². The van der Waals surface area contributed by atoms with E-state index in [2.05, 4.69) is 60.9 Å². The summed E-state index contributed by atoms with van der Waals surface area (Å²) in [6, 6.07) is 8.76. The van der Waals surface area contributed by atoms with Crippen molar-refractivity contribution in [3.63, 3.8) is 0 Å². The Morgan fingerprint density at radius 3 is 2.63 bits per heavy atom. The van der Waals surface area contributed by atoms with Crippen LogP contribution < -0.4 is 31.3 Å². The lowest BCUT2D eigenvalue weighted by molar-refractivity contribution is 0.0115. The molecule has 8 rings (SSSR count). The van der Waals surface area contributed by atoms with Crippen LogP contribution in [-0.2, 0) is 11.2 Å². The number of aromatic nitrogens is 5. The van der Waals surface area contributed by atoms with E-state index in [1.54, 1.807) is 25.6 Å². The molecule has 3 aromatic heterocycles. The van der Waals surface area contributed by atoms with Gasteiger partial charge < -0.3 is 35.7 Å². The fraction of sp³-hybridized carbons (Fsp3) is 0.395. The van der Waals surface area contributed by atoms with E-state index in [4.69, 9.17) is 30.2 Å². The Kier molecular flexibility index (Phi) is 9.90. The molecule has 0 amide bonds. The molecule has 5 N–H and O–H groups in total. The lowest BCUT2D eigenvalue weighted by Crippen LogP contribution is -2.49. The third kappa shape index (κ3) is 6.64. The van der Waals surface area contributed by atoms with E-state index in [1.165, 1.54) is 11.3 Å². The maximum atomic E-state index is 6.50. The summed E-state index contributed by atoms with van der Waals surface area (Å²) < 4.78 is 12.1. The first-order chi connectivity index (χ1) is 25.5. The van der Waals surface area contributed by atoms with Crippen molar-refractivity contribution in [1.29, 1.82) is 0 Å². The van der Waals surface area contributed by atoms with Crippen LogP contribution >= 0.6 is 7.92 Å². The molecule has 270 valence electrons. The average molecular weight is 720 g/mol. The molecule has 0 radical (unpaired) electrons. The van der Waals surface area contributed by atoms with Gasteiger partial charge in [0.15, 0.2) is 0 Å². The highest BCUT2D eigenvalue weighted by molar-refractivity contribution is 7.65. The Morgan fingerprint density at radius 2 is 1.85 bits per heavy atom. The molecule has 0 atom stereocenters. The zero-order valence-corrected chi connectivity index (χ0v) is 30.9. The Bertz CT molecular complexity index is 2140. The maximum Gasteiger partial charge on any atom is 0.231 e. The highest BCUT2D eigenvalue weighted by atomic mass is 31.1. The van der Waals surface area contributed by atoms with Crippen LogP contribution in [-0.4, -0.2) is 108 Å². The zero-order valence-electron chi connectivity index (χ0n) is 30.0. The Balaban J connectivity index is 1.17. The number of fused-ring (bicyclic) bond motifs is 3. The van der Waals surface area contributed by atoms with Crippen LogP contribution in [0, 0.1) is 0 Å². The normalized spacial score (nSPS) is 17.6. The van der Waals surface area contributed by atoms with E-state index in [-0.39, 0.29) is 0 Å². The molecule has 6 heterocycles. The molecular weight excluding hydrogens is 673 g/mol. The standard InChI is InChI=1S/C38H46N11O2P/c1-40-23-24(22-39)28-21-31(34-26(5-4-18-51-34)33(28)49-14-9-25(10-15-49)48-16-19-50-20-17-48)45-38-46-36-27(8-11-43-36)37(47-38)44-30-7-6-29-32(35(30)52(2)3)42-13-12-41-29/h6-8,11-13,21-23,25H,4-5,9-10,14-20,39H2,1-3H3,(H3,43,44,45,46,47). The maximum absolute atomic E-state index is 6.50. The van der Waals surface area contributed by atoms with Gasteiger partial charge in [0.1, 0.15) is 17.2 Å². The summed E-state index contributed by atoms with van der Waals surface area (Å²) >= 11 is 0. The van der Waals surface area contributed by atoms with Crippen LogP contribution in [0.2, 0.25) is 0 Å². The summed E-state index contributed by atoms with van der Waals surface area (Å²) in [6.45, 7) is 10.7. The second-order valence-electron chi connectivity index (χ2n) is 13.6. The second-order valence-corrected chi connectivity index (χ2v) is 15.9. The molecule has 0 unspecified atom stereocenters. The van der Waals surface area contributed by atoms with Gasteiger partial charge in [0.25, 0.3) is 0 Å². The van der Waals surface area contributed by atoms with Gasteiger partial charge in [0.05, 0.1) is 47.6 Å². The van der Waals surface area contributed by atoms with E-state index in [0.29, 0.717) is 30.1 Å². The van der Waals surface area contributed by atoms with E-state index in [1.807, 2.05) is 24.5 Å². The minimum absolute atomic E-state index is 0.443. The third-order valence-corrected chi connectivity index (χ3v) is 11.6. The van der Waals surface area contributed by atoms with Gasteiger partial charge in [-0.15, -0.1) is 0 Å². The van der Waals surface area contributed by atoms with Crippen molar-refractivity contribution >= 4 is 75.9 Å². The van der Waals surface area contributed by atoms with Gasteiger partial charge in [0.2, 0.25) is 5.95 Å². The smallest absolute Gasteiger partial charge is 0.231 e. The number of morpholine rings is 1. The number of ether oxygens (including phenoxy) is 2. The quantitative estimate of drug-likeness (QED) is 0.115. The van der Waals surface area contributed by atoms with Gasteiger partial charge in [-0.3, -0.25) is 19.9 Å². The molecule has 0 bridgehead atoms. The highest BCUT2D eigenvalue weighted by Crippen LogP contribution is 2.46. The fourth-order valence-corrected chi connectivity index (χ4v) is 9.07. The van der Waals surface area contributed by atoms with Crippen LogP contribution in [0.4, 0.5) is 28.8 Å². The number of nitrogens with two attached hydrogens (primary N) is 1. The first-order valence-corrected chi connectivity index (χ1v) is 20.3. The van der Waals surface area contributed by atoms with E-state index in [0.717, 1.165) is 115 Å². The molecule has 3 aliphatic heterocycles. The van der Waals surface area contributed by atoms with Gasteiger partial charge in [-0.1, -0.05) is 7.92 Å². The molecule has 2 fully saturated rings. The highest BCUT2D eigenvalue weighted by Gasteiger charge is 2.31. The topological polar surface area (TPSA) is 155 Å². The molecular formula is C38H46N11O2P. The number of aliphatic imine (C=N–C) groups is 1. The number of nitrogens with one attached hydrogen (secondary N) is 3. The monoisotopic (exact) mass is 719 g/mol. The van der Waals surface area contributed by atoms with Crippen molar-refractivity contribution in [3.8, 4) is 5.75 Å². The minimum atomic E-state index is -0.514. The molecule has 13 nitrogen and oxygen atoms in total. The Labute approximate surface area is 304 Å². The van der Waals surface area contributed by atoms with Crippen molar-refractivity contribution in [2.24, 2.45) is 10.7 Å². The average Bonchev–Trinajstić information content (AvgIpc) is 3.66. The van der Waals surface area contributed by atoms with E-state index in [9.17, 15) is 0 Å². The number of benzene rings is 2. The number of allylic oxidation sites excluding steroid dienone is 1. The number of nitrogens with zero attached hydrogens (tertiary/aromatic N) is 7. The summed E-state index contributed by atoms with van der Waals surface area (Å²) in [4.78, 5) is 32.0. The summed E-state index contributed by atoms with van der Waals surface area (Å²) in [5.41, 5.74) is 14.8. The fourth-order valence-electron chi connectivity index (χ4n) is 7.86. The molecule has 14 heteroatoms. The molecule has 0 saturated carbocycles. The number of hydrogen-bond acceptors (Lipinski definition) is 12. The molecule has 2 aromatic carbocycles. The lowest BCUT2D eigenvalue weighted by Gasteiger charge is -2.42. The van der Waals surface area contributed by atoms with Crippen LogP contribution in [0.3, 0.4) is 0 Å². The van der Waals surface area contributed by atoms with Gasteiger partial charge in [-0.05, 0) is 63.3 Å². The largest absolute Gasteiger partial charge is 0.491 e. The van der Waals surface area contributed by atoms with Crippen LogP contribution in [0.1, 0.15) is 30.4 Å². The third-order valence-electron chi connectivity index (χ3n) is 10.2. The number of H-pyrrole nitrogens is 1. The molecule has 2 saturated heterocycles. The van der Waals surface area contributed by atoms with Crippen LogP contribution in [0.15, 0.2) is 54.0 Å². The summed E-state index contributed by atoms with van der Waals surface area (Å²) in [6.07, 6.45) is 12.9. The summed E-state index contributed by atoms with van der Waals surface area (Å²) in [5, 5.41) is 9.25. The first kappa shape index (κ1) is 34.3. The Hall–Kier alpha value is -4.84. The van der Waals surface area contributed by atoms with Gasteiger partial charge in [-0.25, -0.2) is 0 Å². The molecule has 0 spiro atoms. The molecule has 52 heavy (non-hydrogen) atoms. The minimum Gasteiger partial charge on any atom is -0.491 e. The number of piperidine rings is 1. The van der Waals surface area contributed by atoms with Gasteiger partial charge >= 0.3 is 0 Å². The number of anilines is 5. The SMILES string of the molecule is CN=CC(=CN)c1cc(Nc2nc(Nc3ccc4nccnc4c3P(C)C)c3cc[nH]c3n2)c2c(c1N1CCC(N3CCOCC3)CC1)CCCO2. The van der Waals surface area contributed by atoms with E-state index < -0.39 is 7.92 Å². The van der Waals surface area contributed by atoms with Crippen molar-refractivity contribution < 1.29 is 9.47 Å². The first-order valence-electron chi connectivity index (χ1n) is 18.1. The van der Waals surface area contributed by atoms with Crippen LogP contribution in [0.25, 0.3) is 27.6 Å². The number of rotatable bonds is 9. The summed E-state index contributed by atoms with van der Waals surface area (Å²) in [5.74, 6) is 1.97. The Morgan fingerprint density at radius 1 is 1.02 bits per heavy atom. The van der Waals surface area contributed by atoms with E-state index >= 15 is 0 Å². The predicted octanol–water partition coefficient (Wildman–Crippen LogP) is 5.38. The van der Waals surface area contributed by atoms with Crippen molar-refractivity contribution in [1.82, 2.24) is 29.8 Å². The number of hydrogen-bond donors (Lipinski definition) is 4. The second kappa shape index (κ2) is 15.0. The molecule has 5 aromatic rings. The van der Waals surface area contributed by atoms with Gasteiger partial charge in [-0.2, -0.15) is 9.97 Å².